The van der Waals surface area contributed by atoms with Crippen LogP contribution in [0.15, 0.2) is 78.9 Å². The van der Waals surface area contributed by atoms with Gasteiger partial charge in [0.05, 0.1) is 31.9 Å². The van der Waals surface area contributed by atoms with E-state index in [-0.39, 0.29) is 37.3 Å². The number of hydrogen-bond acceptors (Lipinski definition) is 7. The van der Waals surface area contributed by atoms with Gasteiger partial charge in [-0.3, -0.25) is 0 Å². The average Bonchev–Trinajstić information content (AvgIpc) is 2.98. The molecule has 1 aliphatic heterocycles. The molecule has 2 atom stereocenters. The van der Waals surface area contributed by atoms with Crippen LogP contribution in [0.4, 0.5) is 4.79 Å². The molecule has 0 aliphatic carbocycles. The lowest BCUT2D eigenvalue weighted by Gasteiger charge is -2.39. The molecule has 8 nitrogen and oxygen atoms in total. The van der Waals surface area contributed by atoms with Crippen molar-refractivity contribution in [1.82, 2.24) is 4.90 Å². The molecule has 218 valence electrons. The number of ether oxygens (including phenoxy) is 5. The number of likely N-dealkylation sites (tertiary alicyclic amines) is 1. The molecule has 0 aromatic heterocycles. The number of methoxy groups -OCH3 is 1. The topological polar surface area (TPSA) is 83.5 Å². The summed E-state index contributed by atoms with van der Waals surface area (Å²) >= 11 is 0. The summed E-state index contributed by atoms with van der Waals surface area (Å²) in [6.07, 6.45) is 0.148. The second kappa shape index (κ2) is 14.0. The fraction of sp³-hybridized carbons (Fsp3) is 0.394. The number of rotatable bonds is 10. The molecule has 3 aromatic carbocycles. The van der Waals surface area contributed by atoms with Crippen LogP contribution in [0.25, 0.3) is 0 Å². The van der Waals surface area contributed by atoms with Crippen LogP contribution in [0.1, 0.15) is 54.6 Å². The summed E-state index contributed by atoms with van der Waals surface area (Å²) in [5.41, 5.74) is 1.98. The quantitative estimate of drug-likeness (QED) is 0.214. The third-order valence-corrected chi connectivity index (χ3v) is 6.76. The number of hydrogen-bond donors (Lipinski definition) is 0. The van der Waals surface area contributed by atoms with E-state index in [0.29, 0.717) is 31.0 Å². The highest BCUT2D eigenvalue weighted by Crippen LogP contribution is 2.33. The predicted molar refractivity (Wildman–Crippen MR) is 155 cm³/mol. The molecule has 1 saturated heterocycles. The van der Waals surface area contributed by atoms with E-state index in [4.69, 9.17) is 23.7 Å². The van der Waals surface area contributed by atoms with Crippen LogP contribution in [-0.4, -0.2) is 62.1 Å². The highest BCUT2D eigenvalue weighted by Gasteiger charge is 2.35. The zero-order chi connectivity index (χ0) is 29.2. The summed E-state index contributed by atoms with van der Waals surface area (Å²) in [6, 6.07) is 24.5. The summed E-state index contributed by atoms with van der Waals surface area (Å²) in [5, 5.41) is 0. The maximum atomic E-state index is 12.9. The minimum Gasteiger partial charge on any atom is -0.496 e. The van der Waals surface area contributed by atoms with E-state index in [0.717, 1.165) is 23.3 Å². The summed E-state index contributed by atoms with van der Waals surface area (Å²) < 4.78 is 28.7. The molecule has 4 rings (SSSR count). The van der Waals surface area contributed by atoms with Crippen molar-refractivity contribution in [1.29, 1.82) is 0 Å². The van der Waals surface area contributed by atoms with Gasteiger partial charge < -0.3 is 28.6 Å². The van der Waals surface area contributed by atoms with Gasteiger partial charge in [-0.15, -0.1) is 0 Å². The number of benzene rings is 3. The van der Waals surface area contributed by atoms with Crippen molar-refractivity contribution in [3.05, 3.63) is 95.6 Å². The lowest BCUT2D eigenvalue weighted by atomic mass is 9.87. The van der Waals surface area contributed by atoms with Gasteiger partial charge in [0.15, 0.2) is 0 Å². The van der Waals surface area contributed by atoms with Crippen LogP contribution < -0.4 is 9.47 Å². The molecule has 0 saturated carbocycles. The van der Waals surface area contributed by atoms with Gasteiger partial charge in [-0.2, -0.15) is 0 Å². The smallest absolute Gasteiger partial charge is 0.410 e. The van der Waals surface area contributed by atoms with E-state index in [2.05, 4.69) is 0 Å². The third-order valence-electron chi connectivity index (χ3n) is 6.76. The number of nitrogens with zero attached hydrogens (tertiary/aromatic N) is 1. The Morgan fingerprint density at radius 2 is 1.61 bits per heavy atom. The van der Waals surface area contributed by atoms with E-state index < -0.39 is 5.60 Å². The first-order valence-corrected chi connectivity index (χ1v) is 13.9. The van der Waals surface area contributed by atoms with Crippen LogP contribution in [0.5, 0.6) is 11.5 Å². The van der Waals surface area contributed by atoms with Crippen molar-refractivity contribution in [3.63, 3.8) is 0 Å². The van der Waals surface area contributed by atoms with Crippen molar-refractivity contribution in [2.75, 3.05) is 33.4 Å². The van der Waals surface area contributed by atoms with Crippen LogP contribution >= 0.6 is 0 Å². The average molecular weight is 562 g/mol. The van der Waals surface area contributed by atoms with Crippen molar-refractivity contribution >= 4 is 12.1 Å². The molecular formula is C33H39NO7. The fourth-order valence-electron chi connectivity index (χ4n) is 4.74. The van der Waals surface area contributed by atoms with Gasteiger partial charge in [0.1, 0.15) is 30.3 Å². The summed E-state index contributed by atoms with van der Waals surface area (Å²) in [7, 11) is 1.64. The van der Waals surface area contributed by atoms with Gasteiger partial charge in [0.2, 0.25) is 0 Å². The Bertz CT molecular complexity index is 1270. The zero-order valence-corrected chi connectivity index (χ0v) is 24.2. The van der Waals surface area contributed by atoms with Crippen LogP contribution in [-0.2, 0) is 20.8 Å². The Labute approximate surface area is 242 Å². The molecule has 0 radical (unpaired) electrons. The standard InChI is InChI=1S/C33H39NO7/c1-33(2,3)41-32(36)34-19-18-28(30(22-34)40-23-26-12-8-9-13-29(26)37-4)24-14-16-27(17-15-24)38-20-21-39-31(35)25-10-6-5-7-11-25/h5-17,28,30H,18-23H2,1-4H3. The second-order valence-electron chi connectivity index (χ2n) is 10.9. The summed E-state index contributed by atoms with van der Waals surface area (Å²) in [4.78, 5) is 26.7. The van der Waals surface area contributed by atoms with E-state index >= 15 is 0 Å². The molecule has 8 heteroatoms. The molecule has 3 aromatic rings. The Morgan fingerprint density at radius 3 is 2.32 bits per heavy atom. The molecule has 41 heavy (non-hydrogen) atoms. The Kier molecular flexibility index (Phi) is 10.2. The molecule has 0 spiro atoms. The molecule has 1 aliphatic rings. The number of para-hydroxylation sites is 1. The normalized spacial score (nSPS) is 17.0. The maximum absolute atomic E-state index is 12.9. The third kappa shape index (κ3) is 8.72. The minimum absolute atomic E-state index is 0.0734. The Morgan fingerprint density at radius 1 is 0.902 bits per heavy atom. The largest absolute Gasteiger partial charge is 0.496 e. The first kappa shape index (κ1) is 29.9. The highest BCUT2D eigenvalue weighted by atomic mass is 16.6. The Balaban J connectivity index is 1.38. The Hall–Kier alpha value is -4.04. The van der Waals surface area contributed by atoms with Crippen LogP contribution in [0.2, 0.25) is 0 Å². The van der Waals surface area contributed by atoms with E-state index in [9.17, 15) is 9.59 Å². The highest BCUT2D eigenvalue weighted by molar-refractivity contribution is 5.89. The number of amides is 1. The number of piperidine rings is 1. The SMILES string of the molecule is COc1ccccc1COC1CN(C(=O)OC(C)(C)C)CCC1c1ccc(OCCOC(=O)c2ccccc2)cc1. The second-order valence-corrected chi connectivity index (χ2v) is 10.9. The van der Waals surface area contributed by atoms with Crippen molar-refractivity contribution in [2.24, 2.45) is 0 Å². The molecule has 1 amide bonds. The lowest BCUT2D eigenvalue weighted by molar-refractivity contribution is -0.0363. The fourth-order valence-corrected chi connectivity index (χ4v) is 4.74. The van der Waals surface area contributed by atoms with Gasteiger partial charge in [0, 0.05) is 18.0 Å². The van der Waals surface area contributed by atoms with E-state index in [1.807, 2.05) is 75.4 Å². The van der Waals surface area contributed by atoms with Gasteiger partial charge >= 0.3 is 12.1 Å². The minimum atomic E-state index is -0.572. The van der Waals surface area contributed by atoms with Crippen LogP contribution in [0, 0.1) is 0 Å². The summed E-state index contributed by atoms with van der Waals surface area (Å²) in [5.74, 6) is 1.15. The van der Waals surface area contributed by atoms with Gasteiger partial charge in [-0.25, -0.2) is 9.59 Å². The summed E-state index contributed by atoms with van der Waals surface area (Å²) in [6.45, 7) is 7.34. The van der Waals surface area contributed by atoms with Crippen LogP contribution in [0.3, 0.4) is 0 Å². The van der Waals surface area contributed by atoms with E-state index in [1.165, 1.54) is 0 Å². The number of carbonyl (C=O) groups is 2. The van der Waals surface area contributed by atoms with Crippen molar-refractivity contribution < 1.29 is 33.3 Å². The molecule has 1 heterocycles. The van der Waals surface area contributed by atoms with E-state index in [1.54, 1.807) is 36.3 Å². The molecule has 0 N–H and O–H groups in total. The lowest BCUT2D eigenvalue weighted by Crippen LogP contribution is -2.48. The van der Waals surface area contributed by atoms with Gasteiger partial charge in [-0.05, 0) is 63.1 Å². The predicted octanol–water partition coefficient (Wildman–Crippen LogP) is 6.24. The number of esters is 1. The van der Waals surface area contributed by atoms with Crippen molar-refractivity contribution in [3.8, 4) is 11.5 Å². The molecular weight excluding hydrogens is 522 g/mol. The molecule has 0 bridgehead atoms. The number of carbonyl (C=O) groups excluding carboxylic acids is 2. The van der Waals surface area contributed by atoms with Gasteiger partial charge in [-0.1, -0.05) is 48.5 Å². The monoisotopic (exact) mass is 561 g/mol. The first-order valence-electron chi connectivity index (χ1n) is 13.9. The first-order chi connectivity index (χ1) is 19.7. The molecule has 1 fully saturated rings. The molecule has 2 unspecified atom stereocenters. The zero-order valence-electron chi connectivity index (χ0n) is 24.2. The van der Waals surface area contributed by atoms with Crippen molar-refractivity contribution in [2.45, 2.75) is 51.4 Å². The maximum Gasteiger partial charge on any atom is 0.410 e. The van der Waals surface area contributed by atoms with Gasteiger partial charge in [0.25, 0.3) is 0 Å².